The molecule has 25 heavy (non-hydrogen) atoms. The lowest BCUT2D eigenvalue weighted by Crippen LogP contribution is -2.23. The third-order valence-corrected chi connectivity index (χ3v) is 3.94. The number of hydrogen-bond acceptors (Lipinski definition) is 5. The van der Waals surface area contributed by atoms with Gasteiger partial charge in [0.1, 0.15) is 5.75 Å². The number of nitriles is 1. The number of sulfonamides is 1. The van der Waals surface area contributed by atoms with Gasteiger partial charge in [0.15, 0.2) is 0 Å². The second-order valence-electron chi connectivity index (χ2n) is 5.24. The van der Waals surface area contributed by atoms with Crippen LogP contribution < -0.4 is 10.0 Å². The van der Waals surface area contributed by atoms with Crippen molar-refractivity contribution in [3.63, 3.8) is 0 Å². The van der Waals surface area contributed by atoms with Crippen LogP contribution in [0.15, 0.2) is 36.4 Å². The van der Waals surface area contributed by atoms with Crippen molar-refractivity contribution < 1.29 is 18.3 Å². The van der Waals surface area contributed by atoms with Crippen LogP contribution in [0.4, 0.5) is 5.69 Å². The number of rotatable bonds is 5. The highest BCUT2D eigenvalue weighted by atomic mass is 35.5. The number of halogens is 1. The Kier molecular flexibility index (Phi) is 5.51. The quantitative estimate of drug-likeness (QED) is 0.735. The van der Waals surface area contributed by atoms with Crippen molar-refractivity contribution in [1.29, 1.82) is 5.26 Å². The van der Waals surface area contributed by atoms with Gasteiger partial charge >= 0.3 is 0 Å². The van der Waals surface area contributed by atoms with Crippen LogP contribution in [0.1, 0.15) is 21.5 Å². The van der Waals surface area contributed by atoms with Crippen LogP contribution >= 0.6 is 11.6 Å². The molecule has 0 aliphatic rings. The normalized spacial score (nSPS) is 10.8. The van der Waals surface area contributed by atoms with E-state index in [2.05, 4.69) is 10.0 Å². The van der Waals surface area contributed by atoms with Gasteiger partial charge in [0.25, 0.3) is 5.91 Å². The van der Waals surface area contributed by atoms with Crippen LogP contribution in [0.5, 0.6) is 5.75 Å². The first-order valence-electron chi connectivity index (χ1n) is 6.96. The van der Waals surface area contributed by atoms with Crippen molar-refractivity contribution in [2.45, 2.75) is 6.54 Å². The number of carbonyl (C=O) groups excluding carboxylic acids is 1. The number of phenolic OH excluding ortho intramolecular Hbond substituents is 1. The second kappa shape index (κ2) is 7.42. The molecule has 0 saturated heterocycles. The molecular formula is C16H14ClN3O4S. The van der Waals surface area contributed by atoms with E-state index in [9.17, 15) is 18.3 Å². The Hall–Kier alpha value is -2.76. The van der Waals surface area contributed by atoms with E-state index >= 15 is 0 Å². The number of aromatic hydroxyl groups is 1. The van der Waals surface area contributed by atoms with Crippen LogP contribution in [0.2, 0.25) is 5.02 Å². The number of nitrogens with one attached hydrogen (secondary N) is 2. The van der Waals surface area contributed by atoms with E-state index in [0.29, 0.717) is 11.1 Å². The Bertz CT molecular complexity index is 968. The van der Waals surface area contributed by atoms with Gasteiger partial charge in [-0.1, -0.05) is 17.7 Å². The van der Waals surface area contributed by atoms with E-state index in [-0.39, 0.29) is 28.6 Å². The highest BCUT2D eigenvalue weighted by Crippen LogP contribution is 2.21. The lowest BCUT2D eigenvalue weighted by atomic mass is 10.1. The standard InChI is InChI=1S/C16H14ClN3O4S/c1-25(23,24)20-14-6-12(5-13(17)7-14)16(22)19-9-11-3-2-10(8-18)4-15(11)21/h2-7,20-21H,9H2,1H3,(H,19,22). The fourth-order valence-electron chi connectivity index (χ4n) is 2.05. The van der Waals surface area contributed by atoms with Gasteiger partial charge < -0.3 is 10.4 Å². The maximum Gasteiger partial charge on any atom is 0.251 e. The Balaban J connectivity index is 2.14. The summed E-state index contributed by atoms with van der Waals surface area (Å²) in [5, 5.41) is 21.4. The highest BCUT2D eigenvalue weighted by molar-refractivity contribution is 7.92. The maximum atomic E-state index is 12.2. The topological polar surface area (TPSA) is 119 Å². The average molecular weight is 380 g/mol. The van der Waals surface area contributed by atoms with E-state index in [4.69, 9.17) is 16.9 Å². The molecule has 130 valence electrons. The number of anilines is 1. The zero-order valence-corrected chi connectivity index (χ0v) is 14.6. The Morgan fingerprint density at radius 1 is 1.28 bits per heavy atom. The zero-order valence-electron chi connectivity index (χ0n) is 13.1. The van der Waals surface area contributed by atoms with Gasteiger partial charge in [-0.3, -0.25) is 9.52 Å². The Morgan fingerprint density at radius 2 is 2.00 bits per heavy atom. The third kappa shape index (κ3) is 5.38. The molecule has 0 aliphatic carbocycles. The molecule has 0 atom stereocenters. The van der Waals surface area contributed by atoms with Gasteiger partial charge in [0.2, 0.25) is 10.0 Å². The monoisotopic (exact) mass is 379 g/mol. The van der Waals surface area contributed by atoms with E-state index in [1.807, 2.05) is 6.07 Å². The van der Waals surface area contributed by atoms with E-state index < -0.39 is 15.9 Å². The molecule has 0 bridgehead atoms. The highest BCUT2D eigenvalue weighted by Gasteiger charge is 2.11. The maximum absolute atomic E-state index is 12.2. The van der Waals surface area contributed by atoms with Crippen molar-refractivity contribution >= 4 is 33.2 Å². The first kappa shape index (κ1) is 18.6. The van der Waals surface area contributed by atoms with Gasteiger partial charge in [-0.2, -0.15) is 5.26 Å². The molecule has 0 radical (unpaired) electrons. The molecular weight excluding hydrogens is 366 g/mol. The molecule has 7 nitrogen and oxygen atoms in total. The van der Waals surface area contributed by atoms with Gasteiger partial charge in [-0.25, -0.2) is 8.42 Å². The van der Waals surface area contributed by atoms with Crippen molar-refractivity contribution in [3.8, 4) is 11.8 Å². The molecule has 0 aromatic heterocycles. The number of phenols is 1. The molecule has 0 saturated carbocycles. The number of nitrogens with zero attached hydrogens (tertiary/aromatic N) is 1. The molecule has 2 aromatic carbocycles. The molecule has 0 fully saturated rings. The van der Waals surface area contributed by atoms with Crippen molar-refractivity contribution in [1.82, 2.24) is 5.32 Å². The summed E-state index contributed by atoms with van der Waals surface area (Å²) in [6, 6.07) is 10.4. The molecule has 0 unspecified atom stereocenters. The van der Waals surface area contributed by atoms with Gasteiger partial charge in [-0.15, -0.1) is 0 Å². The molecule has 3 N–H and O–H groups in total. The van der Waals surface area contributed by atoms with Crippen LogP contribution in [-0.4, -0.2) is 25.7 Å². The predicted octanol–water partition coefficient (Wildman–Crippen LogP) is 2.22. The van der Waals surface area contributed by atoms with Crippen LogP contribution in [0.3, 0.4) is 0 Å². The molecule has 0 spiro atoms. The lowest BCUT2D eigenvalue weighted by molar-refractivity contribution is 0.0950. The Morgan fingerprint density at radius 3 is 2.60 bits per heavy atom. The van der Waals surface area contributed by atoms with Gasteiger partial charge in [-0.05, 0) is 30.3 Å². The first-order chi connectivity index (χ1) is 11.7. The summed E-state index contributed by atoms with van der Waals surface area (Å²) in [6.45, 7) is 0.0255. The fourth-order valence-corrected chi connectivity index (χ4v) is 2.84. The summed E-state index contributed by atoms with van der Waals surface area (Å²) < 4.78 is 24.8. The minimum absolute atomic E-state index is 0.0255. The van der Waals surface area contributed by atoms with Crippen LogP contribution in [-0.2, 0) is 16.6 Å². The van der Waals surface area contributed by atoms with Crippen molar-refractivity contribution in [2.24, 2.45) is 0 Å². The molecule has 1 amide bonds. The average Bonchev–Trinajstić information content (AvgIpc) is 2.51. The summed E-state index contributed by atoms with van der Waals surface area (Å²) in [6.07, 6.45) is 0.987. The largest absolute Gasteiger partial charge is 0.508 e. The summed E-state index contributed by atoms with van der Waals surface area (Å²) in [4.78, 5) is 12.2. The first-order valence-corrected chi connectivity index (χ1v) is 9.23. The summed E-state index contributed by atoms with van der Waals surface area (Å²) in [5.41, 5.74) is 1.07. The fraction of sp³-hybridized carbons (Fsp3) is 0.125. The number of carbonyl (C=O) groups is 1. The van der Waals surface area contributed by atoms with Gasteiger partial charge in [0, 0.05) is 22.7 Å². The van der Waals surface area contributed by atoms with Crippen molar-refractivity contribution in [3.05, 3.63) is 58.1 Å². The van der Waals surface area contributed by atoms with Crippen LogP contribution in [0, 0.1) is 11.3 Å². The SMILES string of the molecule is CS(=O)(=O)Nc1cc(Cl)cc(C(=O)NCc2ccc(C#N)cc2O)c1. The second-order valence-corrected chi connectivity index (χ2v) is 7.43. The van der Waals surface area contributed by atoms with Gasteiger partial charge in [0.05, 0.1) is 23.6 Å². The zero-order chi connectivity index (χ0) is 18.6. The smallest absolute Gasteiger partial charge is 0.251 e. The van der Waals surface area contributed by atoms with E-state index in [1.165, 1.54) is 36.4 Å². The predicted molar refractivity (Wildman–Crippen MR) is 93.9 cm³/mol. The minimum atomic E-state index is -3.50. The molecule has 0 aliphatic heterocycles. The van der Waals surface area contributed by atoms with E-state index in [0.717, 1.165) is 6.26 Å². The third-order valence-electron chi connectivity index (χ3n) is 3.12. The molecule has 2 aromatic rings. The molecule has 0 heterocycles. The van der Waals surface area contributed by atoms with E-state index in [1.54, 1.807) is 0 Å². The molecule has 2 rings (SSSR count). The lowest BCUT2D eigenvalue weighted by Gasteiger charge is -2.10. The summed E-state index contributed by atoms with van der Waals surface area (Å²) in [5.74, 6) is -0.604. The number of benzene rings is 2. The summed E-state index contributed by atoms with van der Waals surface area (Å²) >= 11 is 5.91. The van der Waals surface area contributed by atoms with Crippen LogP contribution in [0.25, 0.3) is 0 Å². The Labute approximate surface area is 149 Å². The number of amides is 1. The minimum Gasteiger partial charge on any atom is -0.508 e. The number of hydrogen-bond donors (Lipinski definition) is 3. The molecule has 9 heteroatoms. The van der Waals surface area contributed by atoms with Crippen molar-refractivity contribution in [2.75, 3.05) is 11.0 Å². The summed E-state index contributed by atoms with van der Waals surface area (Å²) in [7, 11) is -3.50.